The Labute approximate surface area is 188 Å². The highest BCUT2D eigenvalue weighted by Gasteiger charge is 2.35. The van der Waals surface area contributed by atoms with Crippen LogP contribution in [-0.4, -0.2) is 53.5 Å². The summed E-state index contributed by atoms with van der Waals surface area (Å²) in [5.41, 5.74) is 1.50. The van der Waals surface area contributed by atoms with Crippen molar-refractivity contribution >= 4 is 46.1 Å². The SMILES string of the molecule is CCN1C(=O)C[C@H](C(=O)Nc2ccc(C(=O)OC)cc2)SC1=Nc1ccc2c(c1)OCO2. The Kier molecular flexibility index (Phi) is 6.31. The molecule has 1 fully saturated rings. The molecular formula is C22H21N3O6S. The Morgan fingerprint density at radius 1 is 1.19 bits per heavy atom. The van der Waals surface area contributed by atoms with E-state index in [-0.39, 0.29) is 25.0 Å². The largest absolute Gasteiger partial charge is 0.465 e. The number of nitrogens with one attached hydrogen (secondary N) is 1. The van der Waals surface area contributed by atoms with E-state index >= 15 is 0 Å². The third-order valence-electron chi connectivity index (χ3n) is 4.90. The molecule has 10 heteroatoms. The van der Waals surface area contributed by atoms with Crippen molar-refractivity contribution in [3.8, 4) is 11.5 Å². The molecule has 2 aliphatic heterocycles. The van der Waals surface area contributed by atoms with E-state index in [9.17, 15) is 14.4 Å². The number of nitrogens with zero attached hydrogens (tertiary/aromatic N) is 2. The molecule has 0 aromatic heterocycles. The number of amides is 2. The Hall–Kier alpha value is -3.53. The third-order valence-corrected chi connectivity index (χ3v) is 6.09. The van der Waals surface area contributed by atoms with Gasteiger partial charge in [-0.3, -0.25) is 14.5 Å². The zero-order valence-corrected chi connectivity index (χ0v) is 18.3. The molecule has 0 bridgehead atoms. The lowest BCUT2D eigenvalue weighted by molar-refractivity contribution is -0.129. The molecule has 2 aromatic rings. The summed E-state index contributed by atoms with van der Waals surface area (Å²) in [5, 5.41) is 2.60. The Balaban J connectivity index is 1.50. The minimum atomic E-state index is -0.640. The molecule has 0 aliphatic carbocycles. The second-order valence-corrected chi connectivity index (χ2v) is 8.11. The van der Waals surface area contributed by atoms with Crippen LogP contribution in [0.3, 0.4) is 0 Å². The maximum Gasteiger partial charge on any atom is 0.337 e. The fraction of sp³-hybridized carbons (Fsp3) is 0.273. The molecule has 2 amide bonds. The smallest absolute Gasteiger partial charge is 0.337 e. The first-order valence-electron chi connectivity index (χ1n) is 9.93. The topological polar surface area (TPSA) is 107 Å². The van der Waals surface area contributed by atoms with E-state index in [1.54, 1.807) is 47.4 Å². The number of ether oxygens (including phenoxy) is 3. The van der Waals surface area contributed by atoms with Crippen molar-refractivity contribution in [1.29, 1.82) is 0 Å². The molecule has 0 unspecified atom stereocenters. The van der Waals surface area contributed by atoms with Crippen LogP contribution in [0.25, 0.3) is 0 Å². The van der Waals surface area contributed by atoms with Gasteiger partial charge in [0.05, 0.1) is 18.4 Å². The molecule has 166 valence electrons. The maximum absolute atomic E-state index is 12.8. The van der Waals surface area contributed by atoms with Crippen molar-refractivity contribution in [2.45, 2.75) is 18.6 Å². The highest BCUT2D eigenvalue weighted by Crippen LogP contribution is 2.36. The third kappa shape index (κ3) is 4.54. The van der Waals surface area contributed by atoms with E-state index in [1.165, 1.54) is 18.9 Å². The summed E-state index contributed by atoms with van der Waals surface area (Å²) in [5.74, 6) is 0.284. The molecule has 2 aromatic carbocycles. The summed E-state index contributed by atoms with van der Waals surface area (Å²) < 4.78 is 15.4. The van der Waals surface area contributed by atoms with Crippen LogP contribution >= 0.6 is 11.8 Å². The van der Waals surface area contributed by atoms with Crippen molar-refractivity contribution in [3.05, 3.63) is 48.0 Å². The number of carbonyl (C=O) groups excluding carboxylic acids is 3. The highest BCUT2D eigenvalue weighted by atomic mass is 32.2. The molecule has 9 nitrogen and oxygen atoms in total. The molecule has 0 radical (unpaired) electrons. The minimum Gasteiger partial charge on any atom is -0.465 e. The number of amidine groups is 1. The highest BCUT2D eigenvalue weighted by molar-refractivity contribution is 8.15. The van der Waals surface area contributed by atoms with Gasteiger partial charge in [-0.05, 0) is 43.3 Å². The predicted octanol–water partition coefficient (Wildman–Crippen LogP) is 3.18. The normalized spacial score (nSPS) is 18.6. The first kappa shape index (κ1) is 21.7. The summed E-state index contributed by atoms with van der Waals surface area (Å²) in [6, 6.07) is 11.6. The van der Waals surface area contributed by atoms with E-state index in [2.05, 4.69) is 15.0 Å². The van der Waals surface area contributed by atoms with Crippen LogP contribution in [0.1, 0.15) is 23.7 Å². The van der Waals surface area contributed by atoms with Crippen LogP contribution in [0.5, 0.6) is 11.5 Å². The molecule has 1 N–H and O–H groups in total. The van der Waals surface area contributed by atoms with Crippen LogP contribution in [-0.2, 0) is 14.3 Å². The number of thioether (sulfide) groups is 1. The Morgan fingerprint density at radius 2 is 1.94 bits per heavy atom. The predicted molar refractivity (Wildman–Crippen MR) is 119 cm³/mol. The van der Waals surface area contributed by atoms with Gasteiger partial charge in [-0.15, -0.1) is 0 Å². The minimum absolute atomic E-state index is 0.0603. The molecule has 4 rings (SSSR count). The molecular weight excluding hydrogens is 434 g/mol. The maximum atomic E-state index is 12.8. The van der Waals surface area contributed by atoms with Crippen molar-refractivity contribution in [2.24, 2.45) is 4.99 Å². The monoisotopic (exact) mass is 455 g/mol. The van der Waals surface area contributed by atoms with E-state index in [4.69, 9.17) is 9.47 Å². The number of aliphatic imine (C=N–C) groups is 1. The lowest BCUT2D eigenvalue weighted by atomic mass is 10.2. The number of benzene rings is 2. The molecule has 1 atom stereocenters. The molecule has 0 saturated carbocycles. The van der Waals surface area contributed by atoms with Crippen LogP contribution in [0.2, 0.25) is 0 Å². The van der Waals surface area contributed by atoms with Gasteiger partial charge in [-0.25, -0.2) is 9.79 Å². The zero-order chi connectivity index (χ0) is 22.7. The second kappa shape index (κ2) is 9.31. The van der Waals surface area contributed by atoms with Crippen molar-refractivity contribution in [2.75, 3.05) is 25.8 Å². The number of fused-ring (bicyclic) bond motifs is 1. The summed E-state index contributed by atoms with van der Waals surface area (Å²) >= 11 is 1.23. The fourth-order valence-corrected chi connectivity index (χ4v) is 4.41. The lowest BCUT2D eigenvalue weighted by Gasteiger charge is -2.30. The number of carbonyl (C=O) groups is 3. The number of rotatable bonds is 5. The second-order valence-electron chi connectivity index (χ2n) is 6.94. The van der Waals surface area contributed by atoms with Crippen LogP contribution in [0.15, 0.2) is 47.5 Å². The van der Waals surface area contributed by atoms with Crippen molar-refractivity contribution in [3.63, 3.8) is 0 Å². The van der Waals surface area contributed by atoms with Gasteiger partial charge in [0.25, 0.3) is 0 Å². The summed E-state index contributed by atoms with van der Waals surface area (Å²) in [6.45, 7) is 2.46. The molecule has 2 heterocycles. The average Bonchev–Trinajstić information content (AvgIpc) is 3.27. The average molecular weight is 455 g/mol. The van der Waals surface area contributed by atoms with E-state index in [1.807, 2.05) is 6.92 Å². The van der Waals surface area contributed by atoms with Gasteiger partial charge in [0.15, 0.2) is 16.7 Å². The van der Waals surface area contributed by atoms with Crippen LogP contribution in [0.4, 0.5) is 11.4 Å². The van der Waals surface area contributed by atoms with E-state index < -0.39 is 11.2 Å². The molecule has 0 spiro atoms. The number of anilines is 1. The Bertz CT molecular complexity index is 1090. The number of methoxy groups -OCH3 is 1. The van der Waals surface area contributed by atoms with Crippen LogP contribution < -0.4 is 14.8 Å². The Morgan fingerprint density at radius 3 is 2.66 bits per heavy atom. The van der Waals surface area contributed by atoms with Crippen molar-refractivity contribution < 1.29 is 28.6 Å². The molecule has 1 saturated heterocycles. The summed E-state index contributed by atoms with van der Waals surface area (Å²) in [4.78, 5) is 43.2. The standard InChI is InChI=1S/C22H21N3O6S/c1-3-25-19(26)11-18(20(27)23-14-6-4-13(5-7-14)21(28)29-2)32-22(25)24-15-8-9-16-17(10-15)31-12-30-16/h4-10,18H,3,11-12H2,1-2H3,(H,23,27)/t18-/m1/s1. The van der Waals surface area contributed by atoms with Gasteiger partial charge in [-0.1, -0.05) is 11.8 Å². The van der Waals surface area contributed by atoms with Gasteiger partial charge in [-0.2, -0.15) is 0 Å². The van der Waals surface area contributed by atoms with Crippen molar-refractivity contribution in [1.82, 2.24) is 4.90 Å². The summed E-state index contributed by atoms with van der Waals surface area (Å²) in [6.07, 6.45) is 0.0603. The van der Waals surface area contributed by atoms with Gasteiger partial charge < -0.3 is 19.5 Å². The quantitative estimate of drug-likeness (QED) is 0.690. The van der Waals surface area contributed by atoms with Gasteiger partial charge in [0.2, 0.25) is 18.6 Å². The summed E-state index contributed by atoms with van der Waals surface area (Å²) in [7, 11) is 1.30. The van der Waals surface area contributed by atoms with Crippen LogP contribution in [0, 0.1) is 0 Å². The van der Waals surface area contributed by atoms with E-state index in [0.717, 1.165) is 0 Å². The molecule has 32 heavy (non-hydrogen) atoms. The van der Waals surface area contributed by atoms with Gasteiger partial charge in [0.1, 0.15) is 5.25 Å². The zero-order valence-electron chi connectivity index (χ0n) is 17.5. The first-order chi connectivity index (χ1) is 15.5. The van der Waals surface area contributed by atoms with E-state index in [0.29, 0.717) is 40.1 Å². The molecule has 2 aliphatic rings. The lowest BCUT2D eigenvalue weighted by Crippen LogP contribution is -2.45. The number of esters is 1. The fourth-order valence-electron chi connectivity index (χ4n) is 3.25. The first-order valence-corrected chi connectivity index (χ1v) is 10.8. The number of hydrogen-bond donors (Lipinski definition) is 1. The van der Waals surface area contributed by atoms with Gasteiger partial charge >= 0.3 is 5.97 Å². The number of hydrogen-bond acceptors (Lipinski definition) is 8. The van der Waals surface area contributed by atoms with Gasteiger partial charge in [0, 0.05) is 24.7 Å².